The third kappa shape index (κ3) is 5.94. The predicted molar refractivity (Wildman–Crippen MR) is 68.5 cm³/mol. The van der Waals surface area contributed by atoms with Crippen LogP contribution in [0, 0.1) is 5.82 Å². The summed E-state index contributed by atoms with van der Waals surface area (Å²) in [4.78, 5) is 11.6. The monoisotopic (exact) mass is 302 g/mol. The van der Waals surface area contributed by atoms with Crippen molar-refractivity contribution in [2.75, 3.05) is 6.61 Å². The van der Waals surface area contributed by atoms with Crippen molar-refractivity contribution in [3.63, 3.8) is 0 Å². The summed E-state index contributed by atoms with van der Waals surface area (Å²) < 4.78 is 19.1. The minimum absolute atomic E-state index is 0.0532. The Kier molecular flexibility index (Phi) is 4.83. The maximum Gasteiger partial charge on any atom is 0.162 e. The number of rotatable bonds is 4. The minimum atomic E-state index is -0.348. The van der Waals surface area contributed by atoms with E-state index < -0.39 is 0 Å². The molecule has 0 saturated heterocycles. The lowest BCUT2D eigenvalue weighted by Gasteiger charge is -2.18. The van der Waals surface area contributed by atoms with E-state index in [2.05, 4.69) is 15.9 Å². The fourth-order valence-electron chi connectivity index (χ4n) is 1.29. The summed E-state index contributed by atoms with van der Waals surface area (Å²) in [5.74, 6) is -0.406. The van der Waals surface area contributed by atoms with Crippen LogP contribution < -0.4 is 0 Å². The Morgan fingerprint density at radius 1 is 1.35 bits per heavy atom. The van der Waals surface area contributed by atoms with Gasteiger partial charge < -0.3 is 4.74 Å². The molecule has 0 saturated carbocycles. The van der Waals surface area contributed by atoms with E-state index in [1.54, 1.807) is 6.07 Å². The summed E-state index contributed by atoms with van der Waals surface area (Å²) in [6.07, 6.45) is 0.187. The molecular weight excluding hydrogens is 287 g/mol. The lowest BCUT2D eigenvalue weighted by atomic mass is 10.1. The van der Waals surface area contributed by atoms with Gasteiger partial charge in [-0.2, -0.15) is 0 Å². The SMILES string of the molecule is CC(C)(C)OCC(=O)Cc1cc(F)cc(Br)c1. The summed E-state index contributed by atoms with van der Waals surface area (Å²) in [5, 5.41) is 0. The van der Waals surface area contributed by atoms with Gasteiger partial charge in [0, 0.05) is 10.9 Å². The Morgan fingerprint density at radius 3 is 2.53 bits per heavy atom. The van der Waals surface area contributed by atoms with Crippen molar-refractivity contribution >= 4 is 21.7 Å². The topological polar surface area (TPSA) is 26.3 Å². The van der Waals surface area contributed by atoms with Gasteiger partial charge >= 0.3 is 0 Å². The highest BCUT2D eigenvalue weighted by molar-refractivity contribution is 9.10. The minimum Gasteiger partial charge on any atom is -0.368 e. The normalized spacial score (nSPS) is 11.6. The smallest absolute Gasteiger partial charge is 0.162 e. The molecule has 2 nitrogen and oxygen atoms in total. The van der Waals surface area contributed by atoms with Crippen LogP contribution in [-0.2, 0) is 16.0 Å². The first-order valence-electron chi connectivity index (χ1n) is 5.37. The Labute approximate surface area is 109 Å². The molecular formula is C13H16BrFO2. The van der Waals surface area contributed by atoms with E-state index >= 15 is 0 Å². The van der Waals surface area contributed by atoms with Crippen molar-refractivity contribution in [3.8, 4) is 0 Å². The van der Waals surface area contributed by atoms with E-state index in [4.69, 9.17) is 4.74 Å². The zero-order valence-electron chi connectivity index (χ0n) is 10.2. The zero-order chi connectivity index (χ0) is 13.1. The van der Waals surface area contributed by atoms with Crippen molar-refractivity contribution in [2.24, 2.45) is 0 Å². The maximum absolute atomic E-state index is 13.1. The first-order valence-corrected chi connectivity index (χ1v) is 6.16. The number of ether oxygens (including phenoxy) is 1. The van der Waals surface area contributed by atoms with Crippen LogP contribution in [0.4, 0.5) is 4.39 Å². The number of benzene rings is 1. The number of carbonyl (C=O) groups excluding carboxylic acids is 1. The maximum atomic E-state index is 13.1. The summed E-state index contributed by atoms with van der Waals surface area (Å²) in [6.45, 7) is 5.72. The van der Waals surface area contributed by atoms with Gasteiger partial charge in [0.1, 0.15) is 12.4 Å². The van der Waals surface area contributed by atoms with Crippen molar-refractivity contribution in [1.29, 1.82) is 0 Å². The lowest BCUT2D eigenvalue weighted by Crippen LogP contribution is -2.24. The molecule has 94 valence electrons. The van der Waals surface area contributed by atoms with Crippen LogP contribution in [0.3, 0.4) is 0 Å². The number of Topliss-reactive ketones (excluding diaryl/α,β-unsaturated/α-hetero) is 1. The van der Waals surface area contributed by atoms with Gasteiger partial charge in [-0.1, -0.05) is 15.9 Å². The first kappa shape index (κ1) is 14.3. The largest absolute Gasteiger partial charge is 0.368 e. The average Bonchev–Trinajstić information content (AvgIpc) is 2.11. The third-order valence-corrected chi connectivity index (χ3v) is 2.45. The van der Waals surface area contributed by atoms with Crippen LogP contribution in [0.2, 0.25) is 0 Å². The van der Waals surface area contributed by atoms with Crippen LogP contribution in [-0.4, -0.2) is 18.0 Å². The zero-order valence-corrected chi connectivity index (χ0v) is 11.8. The van der Waals surface area contributed by atoms with Crippen LogP contribution in [0.5, 0.6) is 0 Å². The van der Waals surface area contributed by atoms with Crippen LogP contribution in [0.25, 0.3) is 0 Å². The molecule has 0 atom stereocenters. The average molecular weight is 303 g/mol. The highest BCUT2D eigenvalue weighted by Gasteiger charge is 2.13. The summed E-state index contributed by atoms with van der Waals surface area (Å²) >= 11 is 3.19. The molecule has 0 heterocycles. The van der Waals surface area contributed by atoms with Gasteiger partial charge in [0.05, 0.1) is 5.60 Å². The fraction of sp³-hybridized carbons (Fsp3) is 0.462. The van der Waals surface area contributed by atoms with Gasteiger partial charge in [-0.3, -0.25) is 4.79 Å². The molecule has 0 aliphatic carbocycles. The van der Waals surface area contributed by atoms with Gasteiger partial charge in [0.2, 0.25) is 0 Å². The molecule has 0 aliphatic heterocycles. The molecule has 0 unspecified atom stereocenters. The van der Waals surface area contributed by atoms with Gasteiger partial charge in [-0.15, -0.1) is 0 Å². The molecule has 0 aliphatic rings. The number of carbonyl (C=O) groups is 1. The highest BCUT2D eigenvalue weighted by Crippen LogP contribution is 2.16. The molecule has 4 heteroatoms. The van der Waals surface area contributed by atoms with Gasteiger partial charge in [-0.05, 0) is 44.5 Å². The second-order valence-corrected chi connectivity index (χ2v) is 5.81. The number of ketones is 1. The Bertz CT molecular complexity index is 390. The van der Waals surface area contributed by atoms with Crippen LogP contribution in [0.1, 0.15) is 26.3 Å². The van der Waals surface area contributed by atoms with E-state index in [1.807, 2.05) is 20.8 Å². The van der Waals surface area contributed by atoms with Gasteiger partial charge in [-0.25, -0.2) is 4.39 Å². The number of hydrogen-bond acceptors (Lipinski definition) is 2. The van der Waals surface area contributed by atoms with E-state index in [9.17, 15) is 9.18 Å². The van der Waals surface area contributed by atoms with E-state index in [1.165, 1.54) is 12.1 Å². The molecule has 0 radical (unpaired) electrons. The second kappa shape index (κ2) is 5.74. The quantitative estimate of drug-likeness (QED) is 0.851. The molecule has 1 rings (SSSR count). The van der Waals surface area contributed by atoms with Gasteiger partial charge in [0.15, 0.2) is 5.78 Å². The molecule has 0 aromatic heterocycles. The molecule has 0 fully saturated rings. The molecule has 0 bridgehead atoms. The summed E-state index contributed by atoms with van der Waals surface area (Å²) in [6, 6.07) is 4.46. The van der Waals surface area contributed by atoms with E-state index in [0.717, 1.165) is 0 Å². The van der Waals surface area contributed by atoms with Crippen molar-refractivity contribution < 1.29 is 13.9 Å². The first-order chi connectivity index (χ1) is 7.76. The number of hydrogen-bond donors (Lipinski definition) is 0. The molecule has 0 N–H and O–H groups in total. The summed E-state index contributed by atoms with van der Waals surface area (Å²) in [5.41, 5.74) is 0.317. The fourth-order valence-corrected chi connectivity index (χ4v) is 1.80. The van der Waals surface area contributed by atoms with Crippen molar-refractivity contribution in [3.05, 3.63) is 34.1 Å². The second-order valence-electron chi connectivity index (χ2n) is 4.89. The Hall–Kier alpha value is -0.740. The molecule has 1 aromatic carbocycles. The van der Waals surface area contributed by atoms with E-state index in [0.29, 0.717) is 10.0 Å². The van der Waals surface area contributed by atoms with Crippen LogP contribution >= 0.6 is 15.9 Å². The molecule has 0 spiro atoms. The number of halogens is 2. The van der Waals surface area contributed by atoms with Crippen molar-refractivity contribution in [2.45, 2.75) is 32.8 Å². The highest BCUT2D eigenvalue weighted by atomic mass is 79.9. The standard InChI is InChI=1S/C13H16BrFO2/c1-13(2,3)17-8-12(16)6-9-4-10(14)7-11(15)5-9/h4-5,7H,6,8H2,1-3H3. The third-order valence-electron chi connectivity index (χ3n) is 1.99. The van der Waals surface area contributed by atoms with Crippen molar-refractivity contribution in [1.82, 2.24) is 0 Å². The molecule has 1 aromatic rings. The lowest BCUT2D eigenvalue weighted by molar-refractivity contribution is -0.127. The Balaban J connectivity index is 2.56. The summed E-state index contributed by atoms with van der Waals surface area (Å²) in [7, 11) is 0. The Morgan fingerprint density at radius 2 is 2.00 bits per heavy atom. The van der Waals surface area contributed by atoms with E-state index in [-0.39, 0.29) is 30.2 Å². The molecule has 0 amide bonds. The molecule has 17 heavy (non-hydrogen) atoms. The van der Waals surface area contributed by atoms with Crippen LogP contribution in [0.15, 0.2) is 22.7 Å². The predicted octanol–water partition coefficient (Wildman–Crippen LogP) is 3.51. The van der Waals surface area contributed by atoms with Gasteiger partial charge in [0.25, 0.3) is 0 Å².